The number of hydrogen-bond acceptors (Lipinski definition) is 4. The Kier molecular flexibility index (Phi) is 6.36. The highest BCUT2D eigenvalue weighted by atomic mass is 16.2. The van der Waals surface area contributed by atoms with E-state index < -0.39 is 5.91 Å². The summed E-state index contributed by atoms with van der Waals surface area (Å²) in [4.78, 5) is 35.6. The van der Waals surface area contributed by atoms with Gasteiger partial charge in [0.25, 0.3) is 0 Å². The van der Waals surface area contributed by atoms with Crippen molar-refractivity contribution in [2.45, 2.75) is 31.6 Å². The number of nitrogens with zero attached hydrogens (tertiary/aromatic N) is 3. The van der Waals surface area contributed by atoms with Crippen LogP contribution in [0, 0.1) is 0 Å². The van der Waals surface area contributed by atoms with Gasteiger partial charge in [-0.25, -0.2) is 0 Å². The van der Waals surface area contributed by atoms with E-state index in [1.165, 1.54) is 5.56 Å². The number of primary amides is 1. The van der Waals surface area contributed by atoms with E-state index in [4.69, 9.17) is 5.73 Å². The number of likely N-dealkylation sites (tertiary alicyclic amines) is 1. The predicted molar refractivity (Wildman–Crippen MR) is 119 cm³/mol. The summed E-state index contributed by atoms with van der Waals surface area (Å²) in [6.45, 7) is 1.41. The van der Waals surface area contributed by atoms with E-state index in [9.17, 15) is 9.59 Å². The Morgan fingerprint density at radius 3 is 2.65 bits per heavy atom. The molecule has 1 fully saturated rings. The van der Waals surface area contributed by atoms with E-state index in [2.05, 4.69) is 22.1 Å². The average Bonchev–Trinajstić information content (AvgIpc) is 2.83. The molecule has 0 saturated carbocycles. The lowest BCUT2D eigenvalue weighted by Gasteiger charge is -2.33. The molecular formula is C25H26N4O2. The van der Waals surface area contributed by atoms with Gasteiger partial charge in [0.1, 0.15) is 0 Å². The monoisotopic (exact) mass is 414 g/mol. The first-order chi connectivity index (χ1) is 15.1. The summed E-state index contributed by atoms with van der Waals surface area (Å²) in [5, 5.41) is 0. The van der Waals surface area contributed by atoms with Gasteiger partial charge in [-0.1, -0.05) is 42.5 Å². The predicted octanol–water partition coefficient (Wildman–Crippen LogP) is 3.58. The summed E-state index contributed by atoms with van der Waals surface area (Å²) >= 11 is 0. The van der Waals surface area contributed by atoms with Gasteiger partial charge in [-0.2, -0.15) is 0 Å². The summed E-state index contributed by atoms with van der Waals surface area (Å²) in [6, 6.07) is 17.2. The fourth-order valence-electron chi connectivity index (χ4n) is 4.17. The van der Waals surface area contributed by atoms with Gasteiger partial charge in [-0.3, -0.25) is 19.6 Å². The number of hydrogen-bond donors (Lipinski definition) is 1. The minimum Gasteiger partial charge on any atom is -0.366 e. The number of rotatable bonds is 6. The van der Waals surface area contributed by atoms with Gasteiger partial charge >= 0.3 is 0 Å². The molecule has 1 aliphatic heterocycles. The zero-order valence-corrected chi connectivity index (χ0v) is 17.4. The maximum absolute atomic E-state index is 12.9. The van der Waals surface area contributed by atoms with Crippen molar-refractivity contribution in [1.29, 1.82) is 0 Å². The minimum atomic E-state index is -0.472. The highest BCUT2D eigenvalue weighted by Crippen LogP contribution is 2.32. The maximum Gasteiger partial charge on any atom is 0.248 e. The standard InChI is InChI=1S/C25H26N4O2/c26-25(31)20-9-4-8-19(16-20)23-24(28-14-13-27-23)21-10-5-15-29(17-21)22(30)12-11-18-6-2-1-3-7-18/h1-4,6-9,13-14,16,21H,5,10-12,15,17H2,(H2,26,31)/t21-/m1/s1. The number of aromatic nitrogens is 2. The molecule has 0 radical (unpaired) electrons. The van der Waals surface area contributed by atoms with E-state index in [1.54, 1.807) is 30.6 Å². The molecule has 6 heteroatoms. The third kappa shape index (κ3) is 4.97. The molecule has 2 amide bonds. The highest BCUT2D eigenvalue weighted by Gasteiger charge is 2.27. The van der Waals surface area contributed by atoms with Crippen LogP contribution in [0.25, 0.3) is 11.3 Å². The molecule has 1 aliphatic rings. The summed E-state index contributed by atoms with van der Waals surface area (Å²) in [6.07, 6.45) is 6.47. The third-order valence-corrected chi connectivity index (χ3v) is 5.78. The van der Waals surface area contributed by atoms with E-state index in [1.807, 2.05) is 29.2 Å². The normalized spacial score (nSPS) is 16.1. The Morgan fingerprint density at radius 1 is 1.03 bits per heavy atom. The Balaban J connectivity index is 1.50. The third-order valence-electron chi connectivity index (χ3n) is 5.78. The van der Waals surface area contributed by atoms with Crippen molar-refractivity contribution in [2.24, 2.45) is 5.73 Å². The fraction of sp³-hybridized carbons (Fsp3) is 0.280. The molecule has 0 aliphatic carbocycles. The Morgan fingerprint density at radius 2 is 1.84 bits per heavy atom. The zero-order chi connectivity index (χ0) is 21.6. The molecule has 2 heterocycles. The van der Waals surface area contributed by atoms with Gasteiger partial charge in [-0.05, 0) is 37.0 Å². The van der Waals surface area contributed by atoms with Gasteiger partial charge in [0, 0.05) is 48.9 Å². The lowest BCUT2D eigenvalue weighted by Crippen LogP contribution is -2.39. The van der Waals surface area contributed by atoms with E-state index in [-0.39, 0.29) is 11.8 Å². The van der Waals surface area contributed by atoms with Crippen LogP contribution < -0.4 is 5.73 Å². The second-order valence-corrected chi connectivity index (χ2v) is 7.90. The van der Waals surface area contributed by atoms with Crippen molar-refractivity contribution in [1.82, 2.24) is 14.9 Å². The first-order valence-corrected chi connectivity index (χ1v) is 10.6. The molecule has 4 rings (SSSR count). The van der Waals surface area contributed by atoms with Crippen molar-refractivity contribution in [3.63, 3.8) is 0 Å². The maximum atomic E-state index is 12.9. The number of aryl methyl sites for hydroxylation is 1. The van der Waals surface area contributed by atoms with Crippen molar-refractivity contribution in [3.8, 4) is 11.3 Å². The molecule has 2 aromatic carbocycles. The number of carbonyl (C=O) groups excluding carboxylic acids is 2. The van der Waals surface area contributed by atoms with E-state index in [0.29, 0.717) is 18.5 Å². The Hall–Kier alpha value is -3.54. The molecule has 0 spiro atoms. The first kappa shape index (κ1) is 20.7. The SMILES string of the molecule is NC(=O)c1cccc(-c2nccnc2[C@@H]2CCCN(C(=O)CCc3ccccc3)C2)c1. The fourth-order valence-corrected chi connectivity index (χ4v) is 4.17. The van der Waals surface area contributed by atoms with Crippen LogP contribution >= 0.6 is 0 Å². The van der Waals surface area contributed by atoms with Crippen molar-refractivity contribution >= 4 is 11.8 Å². The molecule has 31 heavy (non-hydrogen) atoms. The Labute approximate surface area is 182 Å². The van der Waals surface area contributed by atoms with Gasteiger partial charge < -0.3 is 10.6 Å². The molecule has 3 aromatic rings. The molecule has 6 nitrogen and oxygen atoms in total. The van der Waals surface area contributed by atoms with E-state index >= 15 is 0 Å². The van der Waals surface area contributed by atoms with Crippen LogP contribution in [0.5, 0.6) is 0 Å². The van der Waals surface area contributed by atoms with Gasteiger partial charge in [0.2, 0.25) is 11.8 Å². The van der Waals surface area contributed by atoms with Crippen LogP contribution in [0.15, 0.2) is 67.0 Å². The molecule has 1 aromatic heterocycles. The molecule has 1 atom stereocenters. The van der Waals surface area contributed by atoms with Crippen LogP contribution in [-0.4, -0.2) is 39.8 Å². The van der Waals surface area contributed by atoms with Gasteiger partial charge in [0.05, 0.1) is 11.4 Å². The van der Waals surface area contributed by atoms with Crippen LogP contribution in [0.4, 0.5) is 0 Å². The van der Waals surface area contributed by atoms with E-state index in [0.717, 1.165) is 42.8 Å². The Bertz CT molecular complexity index is 1070. The first-order valence-electron chi connectivity index (χ1n) is 10.6. The van der Waals surface area contributed by atoms with Gasteiger partial charge in [-0.15, -0.1) is 0 Å². The largest absolute Gasteiger partial charge is 0.366 e. The van der Waals surface area contributed by atoms with Crippen LogP contribution in [0.2, 0.25) is 0 Å². The lowest BCUT2D eigenvalue weighted by molar-refractivity contribution is -0.132. The summed E-state index contributed by atoms with van der Waals surface area (Å²) in [7, 11) is 0. The molecule has 0 unspecified atom stereocenters. The number of benzene rings is 2. The average molecular weight is 415 g/mol. The van der Waals surface area contributed by atoms with Crippen LogP contribution in [-0.2, 0) is 11.2 Å². The zero-order valence-electron chi connectivity index (χ0n) is 17.4. The highest BCUT2D eigenvalue weighted by molar-refractivity contribution is 5.94. The molecule has 158 valence electrons. The molecule has 1 saturated heterocycles. The smallest absolute Gasteiger partial charge is 0.248 e. The molecule has 2 N–H and O–H groups in total. The number of carbonyl (C=O) groups is 2. The van der Waals surface area contributed by atoms with Crippen molar-refractivity contribution in [3.05, 3.63) is 83.8 Å². The van der Waals surface area contributed by atoms with Crippen molar-refractivity contribution < 1.29 is 9.59 Å². The molecular weight excluding hydrogens is 388 g/mol. The second-order valence-electron chi connectivity index (χ2n) is 7.90. The number of piperidine rings is 1. The lowest BCUT2D eigenvalue weighted by atomic mass is 9.91. The van der Waals surface area contributed by atoms with Crippen molar-refractivity contribution in [2.75, 3.05) is 13.1 Å². The summed E-state index contributed by atoms with van der Waals surface area (Å²) in [5.74, 6) is -0.190. The number of nitrogens with two attached hydrogens (primary N) is 1. The van der Waals surface area contributed by atoms with Crippen LogP contribution in [0.1, 0.15) is 46.8 Å². The summed E-state index contributed by atoms with van der Waals surface area (Å²) in [5.41, 5.74) is 9.48. The summed E-state index contributed by atoms with van der Waals surface area (Å²) < 4.78 is 0. The quantitative estimate of drug-likeness (QED) is 0.668. The minimum absolute atomic E-state index is 0.107. The van der Waals surface area contributed by atoms with Crippen LogP contribution in [0.3, 0.4) is 0 Å². The number of amides is 2. The topological polar surface area (TPSA) is 89.2 Å². The molecule has 0 bridgehead atoms. The second kappa shape index (κ2) is 9.51. The van der Waals surface area contributed by atoms with Gasteiger partial charge in [0.15, 0.2) is 0 Å².